The van der Waals surface area contributed by atoms with E-state index in [2.05, 4.69) is 10.3 Å². The van der Waals surface area contributed by atoms with Gasteiger partial charge in [-0.2, -0.15) is 0 Å². The van der Waals surface area contributed by atoms with Crippen LogP contribution in [0.1, 0.15) is 28.9 Å². The van der Waals surface area contributed by atoms with Gasteiger partial charge in [-0.1, -0.05) is 6.07 Å². The number of aromatic nitrogens is 1. The van der Waals surface area contributed by atoms with Crippen molar-refractivity contribution in [2.45, 2.75) is 18.3 Å². The molecule has 4 nitrogen and oxygen atoms in total. The molecular formula is C16H17N3O. The van der Waals surface area contributed by atoms with Crippen molar-refractivity contribution in [2.24, 2.45) is 0 Å². The number of rotatable bonds is 4. The zero-order valence-corrected chi connectivity index (χ0v) is 11.2. The van der Waals surface area contributed by atoms with E-state index < -0.39 is 0 Å². The van der Waals surface area contributed by atoms with Crippen LogP contribution in [-0.2, 0) is 5.41 Å². The molecular weight excluding hydrogens is 250 g/mol. The molecule has 0 aliphatic heterocycles. The summed E-state index contributed by atoms with van der Waals surface area (Å²) >= 11 is 0. The Kier molecular flexibility index (Phi) is 3.14. The molecule has 1 fully saturated rings. The van der Waals surface area contributed by atoms with Gasteiger partial charge in [0.25, 0.3) is 5.91 Å². The first-order chi connectivity index (χ1) is 9.70. The van der Waals surface area contributed by atoms with Gasteiger partial charge in [-0.15, -0.1) is 0 Å². The van der Waals surface area contributed by atoms with Crippen LogP contribution in [0.4, 0.5) is 5.69 Å². The summed E-state index contributed by atoms with van der Waals surface area (Å²) < 4.78 is 0. The maximum absolute atomic E-state index is 12.1. The topological polar surface area (TPSA) is 68.0 Å². The van der Waals surface area contributed by atoms with E-state index in [1.807, 2.05) is 18.2 Å². The van der Waals surface area contributed by atoms with Crippen molar-refractivity contribution >= 4 is 11.6 Å². The van der Waals surface area contributed by atoms with Crippen molar-refractivity contribution in [1.29, 1.82) is 0 Å². The molecule has 3 rings (SSSR count). The van der Waals surface area contributed by atoms with Gasteiger partial charge in [0.2, 0.25) is 0 Å². The number of anilines is 1. The fraction of sp³-hybridized carbons (Fsp3) is 0.250. The first-order valence-electron chi connectivity index (χ1n) is 6.75. The molecule has 1 heterocycles. The Labute approximate surface area is 118 Å². The van der Waals surface area contributed by atoms with Gasteiger partial charge in [0.15, 0.2) is 0 Å². The number of carbonyl (C=O) groups excluding carboxylic acids is 1. The summed E-state index contributed by atoms with van der Waals surface area (Å²) in [6, 6.07) is 12.9. The summed E-state index contributed by atoms with van der Waals surface area (Å²) in [5.74, 6) is -0.0628. The Morgan fingerprint density at radius 3 is 2.55 bits per heavy atom. The molecule has 4 heteroatoms. The first-order valence-corrected chi connectivity index (χ1v) is 6.75. The van der Waals surface area contributed by atoms with Gasteiger partial charge in [-0.05, 0) is 49.2 Å². The fourth-order valence-corrected chi connectivity index (χ4v) is 2.34. The van der Waals surface area contributed by atoms with Crippen LogP contribution in [0.15, 0.2) is 48.7 Å². The number of hydrogen-bond acceptors (Lipinski definition) is 3. The number of amides is 1. The van der Waals surface area contributed by atoms with Crippen molar-refractivity contribution in [3.8, 4) is 0 Å². The number of pyridine rings is 1. The van der Waals surface area contributed by atoms with E-state index in [1.54, 1.807) is 30.5 Å². The van der Waals surface area contributed by atoms with Crippen LogP contribution in [-0.4, -0.2) is 17.4 Å². The highest BCUT2D eigenvalue weighted by Crippen LogP contribution is 2.46. The van der Waals surface area contributed by atoms with Crippen LogP contribution in [0.2, 0.25) is 0 Å². The third kappa shape index (κ3) is 2.50. The summed E-state index contributed by atoms with van der Waals surface area (Å²) in [6.07, 6.45) is 3.95. The van der Waals surface area contributed by atoms with E-state index in [1.165, 1.54) is 0 Å². The predicted molar refractivity (Wildman–Crippen MR) is 78.3 cm³/mol. The molecule has 20 heavy (non-hydrogen) atoms. The molecule has 0 saturated heterocycles. The number of benzene rings is 1. The summed E-state index contributed by atoms with van der Waals surface area (Å²) in [6.45, 7) is 0.632. The molecule has 1 amide bonds. The monoisotopic (exact) mass is 267 g/mol. The van der Waals surface area contributed by atoms with Crippen LogP contribution < -0.4 is 11.1 Å². The minimum Gasteiger partial charge on any atom is -0.399 e. The van der Waals surface area contributed by atoms with Crippen molar-refractivity contribution in [3.05, 3.63) is 59.9 Å². The van der Waals surface area contributed by atoms with E-state index in [0.29, 0.717) is 17.8 Å². The number of nitrogens with two attached hydrogens (primary N) is 1. The summed E-state index contributed by atoms with van der Waals surface area (Å²) in [5.41, 5.74) is 8.01. The Bertz CT molecular complexity index is 603. The quantitative estimate of drug-likeness (QED) is 0.834. The lowest BCUT2D eigenvalue weighted by Gasteiger charge is -2.15. The number of carbonyl (C=O) groups is 1. The Morgan fingerprint density at radius 1 is 1.20 bits per heavy atom. The number of nitrogens with zero attached hydrogens (tertiary/aromatic N) is 1. The third-order valence-electron chi connectivity index (χ3n) is 3.82. The summed E-state index contributed by atoms with van der Waals surface area (Å²) in [4.78, 5) is 16.5. The largest absolute Gasteiger partial charge is 0.399 e. The average Bonchev–Trinajstić information content (AvgIpc) is 3.28. The molecule has 102 valence electrons. The van der Waals surface area contributed by atoms with Crippen LogP contribution in [0.3, 0.4) is 0 Å². The fourth-order valence-electron chi connectivity index (χ4n) is 2.34. The molecule has 1 aromatic carbocycles. The number of nitrogens with one attached hydrogen (secondary N) is 1. The lowest BCUT2D eigenvalue weighted by Crippen LogP contribution is -2.32. The molecule has 0 atom stereocenters. The normalized spacial score (nSPS) is 15.6. The van der Waals surface area contributed by atoms with Gasteiger partial charge in [0.05, 0.1) is 0 Å². The molecule has 0 bridgehead atoms. The number of nitrogen functional groups attached to an aromatic ring is 1. The van der Waals surface area contributed by atoms with Gasteiger partial charge in [-0.3, -0.25) is 9.78 Å². The third-order valence-corrected chi connectivity index (χ3v) is 3.82. The van der Waals surface area contributed by atoms with Crippen LogP contribution in [0.25, 0.3) is 0 Å². The van der Waals surface area contributed by atoms with E-state index >= 15 is 0 Å². The van der Waals surface area contributed by atoms with Gasteiger partial charge in [0, 0.05) is 35.1 Å². The molecule has 1 saturated carbocycles. The standard InChI is InChI=1S/C16H17N3O/c17-13-6-4-12(5-7-13)15(20)19-11-16(8-9-16)14-3-1-2-10-18-14/h1-7,10H,8-9,11,17H2,(H,19,20). The molecule has 0 unspecified atom stereocenters. The van der Waals surface area contributed by atoms with Crippen molar-refractivity contribution in [3.63, 3.8) is 0 Å². The minimum absolute atomic E-state index is 0.0325. The summed E-state index contributed by atoms with van der Waals surface area (Å²) in [7, 11) is 0. The molecule has 1 aliphatic carbocycles. The Balaban J connectivity index is 1.65. The van der Waals surface area contributed by atoms with Gasteiger partial charge in [0.1, 0.15) is 0 Å². The first kappa shape index (κ1) is 12.7. The Hall–Kier alpha value is -2.36. The zero-order valence-electron chi connectivity index (χ0n) is 11.2. The van der Waals surface area contributed by atoms with Crippen molar-refractivity contribution < 1.29 is 4.79 Å². The predicted octanol–water partition coefficient (Wildman–Crippen LogP) is 2.13. The second-order valence-corrected chi connectivity index (χ2v) is 5.30. The van der Waals surface area contributed by atoms with Crippen molar-refractivity contribution in [2.75, 3.05) is 12.3 Å². The molecule has 0 spiro atoms. The van der Waals surface area contributed by atoms with Crippen LogP contribution >= 0.6 is 0 Å². The van der Waals surface area contributed by atoms with Crippen molar-refractivity contribution in [1.82, 2.24) is 10.3 Å². The molecule has 1 aromatic heterocycles. The number of hydrogen-bond donors (Lipinski definition) is 2. The van der Waals surface area contributed by atoms with Crippen LogP contribution in [0, 0.1) is 0 Å². The minimum atomic E-state index is -0.0628. The lowest BCUT2D eigenvalue weighted by molar-refractivity contribution is 0.0949. The highest BCUT2D eigenvalue weighted by atomic mass is 16.1. The van der Waals surface area contributed by atoms with E-state index in [-0.39, 0.29) is 11.3 Å². The van der Waals surface area contributed by atoms with E-state index in [4.69, 9.17) is 5.73 Å². The average molecular weight is 267 g/mol. The molecule has 2 aromatic rings. The second kappa shape index (κ2) is 4.96. The molecule has 0 radical (unpaired) electrons. The zero-order chi connectivity index (χ0) is 14.0. The molecule has 1 aliphatic rings. The van der Waals surface area contributed by atoms with Crippen LogP contribution in [0.5, 0.6) is 0 Å². The van der Waals surface area contributed by atoms with Gasteiger partial charge >= 0.3 is 0 Å². The summed E-state index contributed by atoms with van der Waals surface area (Å²) in [5, 5.41) is 3.00. The highest BCUT2D eigenvalue weighted by molar-refractivity contribution is 5.94. The van der Waals surface area contributed by atoms with E-state index in [9.17, 15) is 4.79 Å². The molecule has 3 N–H and O–H groups in total. The smallest absolute Gasteiger partial charge is 0.251 e. The van der Waals surface area contributed by atoms with Gasteiger partial charge in [-0.25, -0.2) is 0 Å². The highest BCUT2D eigenvalue weighted by Gasteiger charge is 2.45. The Morgan fingerprint density at radius 2 is 1.95 bits per heavy atom. The lowest BCUT2D eigenvalue weighted by atomic mass is 10.0. The second-order valence-electron chi connectivity index (χ2n) is 5.30. The maximum atomic E-state index is 12.1. The van der Waals surface area contributed by atoms with Gasteiger partial charge < -0.3 is 11.1 Å². The maximum Gasteiger partial charge on any atom is 0.251 e. The van der Waals surface area contributed by atoms with E-state index in [0.717, 1.165) is 18.5 Å². The SMILES string of the molecule is Nc1ccc(C(=O)NCC2(c3ccccn3)CC2)cc1.